The molecule has 2 saturated heterocycles. The molecule has 0 radical (unpaired) electrons. The number of amides is 1. The molecule has 0 N–H and O–H groups in total. The van der Waals surface area contributed by atoms with Gasteiger partial charge in [0.1, 0.15) is 11.6 Å². The molecule has 2 aliphatic rings. The fourth-order valence-corrected chi connectivity index (χ4v) is 5.07. The molecule has 0 aromatic carbocycles. The second-order valence-corrected chi connectivity index (χ2v) is 8.92. The Morgan fingerprint density at radius 3 is 2.46 bits per heavy atom. The Morgan fingerprint density at radius 1 is 1.31 bits per heavy atom. The minimum absolute atomic E-state index is 0.0219. The summed E-state index contributed by atoms with van der Waals surface area (Å²) >= 11 is 0. The van der Waals surface area contributed by atoms with Gasteiger partial charge in [0.25, 0.3) is 5.91 Å². The van der Waals surface area contributed by atoms with Crippen LogP contribution in [0, 0.1) is 17.2 Å². The highest BCUT2D eigenvalue weighted by molar-refractivity contribution is 7.91. The van der Waals surface area contributed by atoms with Crippen LogP contribution in [0.25, 0.3) is 0 Å². The quantitative estimate of drug-likeness (QED) is 0.382. The fourth-order valence-electron chi connectivity index (χ4n) is 3.29. The van der Waals surface area contributed by atoms with Gasteiger partial charge in [0, 0.05) is 32.4 Å². The number of sulfone groups is 1. The predicted molar refractivity (Wildman–Crippen MR) is 94.5 cm³/mol. The molecule has 1 unspecified atom stereocenters. The van der Waals surface area contributed by atoms with Gasteiger partial charge in [-0.15, -0.1) is 0 Å². The van der Waals surface area contributed by atoms with Crippen LogP contribution in [0.15, 0.2) is 11.8 Å². The summed E-state index contributed by atoms with van der Waals surface area (Å²) in [5.74, 6) is -0.662. The van der Waals surface area contributed by atoms with Crippen molar-refractivity contribution < 1.29 is 22.7 Å². The maximum absolute atomic E-state index is 12.6. The lowest BCUT2D eigenvalue weighted by atomic mass is 9.96. The second-order valence-electron chi connectivity index (χ2n) is 6.70. The molecule has 1 atom stereocenters. The third-order valence-electron chi connectivity index (χ3n) is 4.87. The van der Waals surface area contributed by atoms with Crippen LogP contribution in [0.3, 0.4) is 0 Å². The molecule has 0 aromatic heterocycles. The lowest BCUT2D eigenvalue weighted by Gasteiger charge is -2.31. The maximum Gasteiger partial charge on any atom is 0.309 e. The van der Waals surface area contributed by atoms with Crippen molar-refractivity contribution in [1.82, 2.24) is 9.80 Å². The fraction of sp³-hybridized carbons (Fsp3) is 0.706. The summed E-state index contributed by atoms with van der Waals surface area (Å²) in [5.41, 5.74) is -0.0219. The standard InChI is InChI=1S/C17H25N3O5S/c1-3-25-17(22)13-4-7-20(8-5-13)16(21)14(10-18)11-19(2)15-6-9-26(23,24)12-15/h11,13,15H,3-9,12H2,1-2H3/b14-11-. The minimum atomic E-state index is -3.04. The summed E-state index contributed by atoms with van der Waals surface area (Å²) in [6.45, 7) is 2.88. The normalized spacial score (nSPS) is 23.3. The Labute approximate surface area is 154 Å². The average molecular weight is 383 g/mol. The van der Waals surface area contributed by atoms with Crippen molar-refractivity contribution in [3.8, 4) is 6.07 Å². The van der Waals surface area contributed by atoms with Crippen molar-refractivity contribution in [2.75, 3.05) is 38.2 Å². The van der Waals surface area contributed by atoms with Gasteiger partial charge in [0.05, 0.1) is 24.0 Å². The van der Waals surface area contributed by atoms with Crippen molar-refractivity contribution in [2.24, 2.45) is 5.92 Å². The summed E-state index contributed by atoms with van der Waals surface area (Å²) in [6.07, 6.45) is 2.96. The molecule has 0 aliphatic carbocycles. The summed E-state index contributed by atoms with van der Waals surface area (Å²) in [7, 11) is -1.35. The summed E-state index contributed by atoms with van der Waals surface area (Å²) in [5, 5.41) is 9.35. The molecule has 26 heavy (non-hydrogen) atoms. The van der Waals surface area contributed by atoms with Crippen LogP contribution in [0.2, 0.25) is 0 Å². The first-order chi connectivity index (χ1) is 12.3. The number of ether oxygens (including phenoxy) is 1. The number of likely N-dealkylation sites (tertiary alicyclic amines) is 1. The van der Waals surface area contributed by atoms with Crippen molar-refractivity contribution in [3.63, 3.8) is 0 Å². The molecule has 0 spiro atoms. The van der Waals surface area contributed by atoms with Crippen LogP contribution in [-0.4, -0.2) is 74.4 Å². The molecule has 144 valence electrons. The van der Waals surface area contributed by atoms with E-state index in [1.165, 1.54) is 6.20 Å². The Morgan fingerprint density at radius 2 is 1.96 bits per heavy atom. The molecule has 9 heteroatoms. The van der Waals surface area contributed by atoms with Crippen LogP contribution in [0.5, 0.6) is 0 Å². The highest BCUT2D eigenvalue weighted by Gasteiger charge is 2.32. The number of piperidine rings is 1. The van der Waals surface area contributed by atoms with Crippen molar-refractivity contribution in [1.29, 1.82) is 5.26 Å². The number of hydrogen-bond acceptors (Lipinski definition) is 7. The first-order valence-electron chi connectivity index (χ1n) is 8.77. The lowest BCUT2D eigenvalue weighted by molar-refractivity contribution is -0.150. The molecule has 2 rings (SSSR count). The largest absolute Gasteiger partial charge is 0.466 e. The molecule has 2 heterocycles. The molecule has 0 saturated carbocycles. The third-order valence-corrected chi connectivity index (χ3v) is 6.62. The number of nitriles is 1. The molecule has 0 bridgehead atoms. The van der Waals surface area contributed by atoms with Gasteiger partial charge in [0.15, 0.2) is 9.84 Å². The van der Waals surface area contributed by atoms with Crippen LogP contribution in [0.4, 0.5) is 0 Å². The Balaban J connectivity index is 1.97. The Bertz CT molecular complexity index is 717. The van der Waals surface area contributed by atoms with Crippen molar-refractivity contribution >= 4 is 21.7 Å². The molecular weight excluding hydrogens is 358 g/mol. The van der Waals surface area contributed by atoms with E-state index in [2.05, 4.69) is 0 Å². The number of rotatable bonds is 5. The van der Waals surface area contributed by atoms with Crippen molar-refractivity contribution in [2.45, 2.75) is 32.2 Å². The Kier molecular flexibility index (Phi) is 6.64. The van der Waals surface area contributed by atoms with E-state index in [1.807, 2.05) is 6.07 Å². The van der Waals surface area contributed by atoms with Gasteiger partial charge in [-0.25, -0.2) is 8.42 Å². The molecule has 2 fully saturated rings. The zero-order chi connectivity index (χ0) is 19.3. The van der Waals surface area contributed by atoms with E-state index in [9.17, 15) is 23.3 Å². The SMILES string of the molecule is CCOC(=O)C1CCN(C(=O)/C(C#N)=C\N(C)C2CCS(=O)(=O)C2)CC1. The van der Waals surface area contributed by atoms with E-state index < -0.39 is 9.84 Å². The highest BCUT2D eigenvalue weighted by Crippen LogP contribution is 2.21. The smallest absolute Gasteiger partial charge is 0.309 e. The van der Waals surface area contributed by atoms with Crippen LogP contribution >= 0.6 is 0 Å². The van der Waals surface area contributed by atoms with Gasteiger partial charge in [-0.2, -0.15) is 5.26 Å². The molecule has 8 nitrogen and oxygen atoms in total. The molecule has 0 aromatic rings. The zero-order valence-electron chi connectivity index (χ0n) is 15.2. The number of nitrogens with zero attached hydrogens (tertiary/aromatic N) is 3. The first-order valence-corrected chi connectivity index (χ1v) is 10.6. The molecular formula is C17H25N3O5S. The Hall–Kier alpha value is -2.08. The monoisotopic (exact) mass is 383 g/mol. The second kappa shape index (κ2) is 8.54. The summed E-state index contributed by atoms with van der Waals surface area (Å²) < 4.78 is 28.2. The number of hydrogen-bond donors (Lipinski definition) is 0. The molecule has 1 amide bonds. The number of carbonyl (C=O) groups is 2. The maximum atomic E-state index is 12.6. The van der Waals surface area contributed by atoms with Gasteiger partial charge < -0.3 is 14.5 Å². The van der Waals surface area contributed by atoms with Gasteiger partial charge in [-0.1, -0.05) is 0 Å². The summed E-state index contributed by atoms with van der Waals surface area (Å²) in [6, 6.07) is 1.70. The molecule has 2 aliphatic heterocycles. The minimum Gasteiger partial charge on any atom is -0.466 e. The average Bonchev–Trinajstić information content (AvgIpc) is 2.99. The van der Waals surface area contributed by atoms with Crippen LogP contribution < -0.4 is 0 Å². The van der Waals surface area contributed by atoms with E-state index in [0.717, 1.165) is 0 Å². The van der Waals surface area contributed by atoms with Crippen LogP contribution in [0.1, 0.15) is 26.2 Å². The predicted octanol–water partition coefficient (Wildman–Crippen LogP) is 0.314. The van der Waals surface area contributed by atoms with E-state index in [4.69, 9.17) is 4.74 Å². The topological polar surface area (TPSA) is 108 Å². The third kappa shape index (κ3) is 4.97. The van der Waals surface area contributed by atoms with Gasteiger partial charge in [0.2, 0.25) is 0 Å². The number of esters is 1. The lowest BCUT2D eigenvalue weighted by Crippen LogP contribution is -2.41. The van der Waals surface area contributed by atoms with Gasteiger partial charge in [-0.05, 0) is 26.2 Å². The van der Waals surface area contributed by atoms with E-state index >= 15 is 0 Å². The van der Waals surface area contributed by atoms with Gasteiger partial charge in [-0.3, -0.25) is 9.59 Å². The summed E-state index contributed by atoms with van der Waals surface area (Å²) in [4.78, 5) is 27.6. The van der Waals surface area contributed by atoms with E-state index in [0.29, 0.717) is 39.0 Å². The van der Waals surface area contributed by atoms with Gasteiger partial charge >= 0.3 is 5.97 Å². The van der Waals surface area contributed by atoms with E-state index in [1.54, 1.807) is 23.8 Å². The number of carbonyl (C=O) groups excluding carboxylic acids is 2. The van der Waals surface area contributed by atoms with Crippen LogP contribution in [-0.2, 0) is 24.2 Å². The van der Waals surface area contributed by atoms with E-state index in [-0.39, 0.29) is 40.9 Å². The van der Waals surface area contributed by atoms with Crippen molar-refractivity contribution in [3.05, 3.63) is 11.8 Å². The highest BCUT2D eigenvalue weighted by atomic mass is 32.2. The zero-order valence-corrected chi connectivity index (χ0v) is 16.0. The first kappa shape index (κ1) is 20.2.